The number of likely N-dealkylation sites (N-methyl/N-ethyl adjacent to an activating group) is 1. The van der Waals surface area contributed by atoms with Gasteiger partial charge < -0.3 is 5.32 Å². The molecule has 1 aliphatic carbocycles. The summed E-state index contributed by atoms with van der Waals surface area (Å²) < 4.78 is 1.04. The molecule has 4 nitrogen and oxygen atoms in total. The molecule has 1 aromatic rings. The van der Waals surface area contributed by atoms with Crippen LogP contribution in [-0.2, 0) is 11.3 Å². The van der Waals surface area contributed by atoms with Gasteiger partial charge in [0.1, 0.15) is 5.54 Å². The SMILES string of the molecule is CN(CC(=O)NC1(C#N)CCCC1)Cc1ccccc1Br. The molecule has 2 rings (SSSR count). The summed E-state index contributed by atoms with van der Waals surface area (Å²) in [5.74, 6) is -0.0759. The van der Waals surface area contributed by atoms with E-state index >= 15 is 0 Å². The maximum Gasteiger partial charge on any atom is 0.235 e. The monoisotopic (exact) mass is 349 g/mol. The van der Waals surface area contributed by atoms with E-state index in [1.54, 1.807) is 0 Å². The van der Waals surface area contributed by atoms with Crippen molar-refractivity contribution in [3.63, 3.8) is 0 Å². The molecule has 1 saturated carbocycles. The molecule has 0 saturated heterocycles. The van der Waals surface area contributed by atoms with Crippen molar-refractivity contribution in [2.75, 3.05) is 13.6 Å². The second kappa shape index (κ2) is 7.06. The molecule has 0 spiro atoms. The van der Waals surface area contributed by atoms with Gasteiger partial charge in [0.2, 0.25) is 5.91 Å². The summed E-state index contributed by atoms with van der Waals surface area (Å²) in [5, 5.41) is 12.2. The zero-order valence-corrected chi connectivity index (χ0v) is 13.8. The molecule has 0 aliphatic heterocycles. The van der Waals surface area contributed by atoms with Gasteiger partial charge in [-0.3, -0.25) is 9.69 Å². The molecule has 21 heavy (non-hydrogen) atoms. The average molecular weight is 350 g/mol. The topological polar surface area (TPSA) is 56.1 Å². The Bertz CT molecular complexity index is 547. The van der Waals surface area contributed by atoms with Crippen molar-refractivity contribution in [1.82, 2.24) is 10.2 Å². The maximum absolute atomic E-state index is 12.1. The maximum atomic E-state index is 12.1. The number of rotatable bonds is 5. The number of carbonyl (C=O) groups excluding carboxylic acids is 1. The first-order valence-electron chi connectivity index (χ1n) is 7.19. The fourth-order valence-electron chi connectivity index (χ4n) is 2.77. The molecule has 0 heterocycles. The minimum atomic E-state index is -0.634. The van der Waals surface area contributed by atoms with Crippen LogP contribution in [0.5, 0.6) is 0 Å². The molecule has 0 aromatic heterocycles. The number of benzene rings is 1. The van der Waals surface area contributed by atoms with E-state index in [1.807, 2.05) is 36.2 Å². The van der Waals surface area contributed by atoms with Crippen molar-refractivity contribution in [1.29, 1.82) is 5.26 Å². The van der Waals surface area contributed by atoms with Crippen LogP contribution in [0.2, 0.25) is 0 Å². The minimum absolute atomic E-state index is 0.0759. The summed E-state index contributed by atoms with van der Waals surface area (Å²) >= 11 is 3.51. The molecule has 1 N–H and O–H groups in total. The molecule has 112 valence electrons. The number of nitrogens with one attached hydrogen (secondary N) is 1. The lowest BCUT2D eigenvalue weighted by atomic mass is 10.00. The van der Waals surface area contributed by atoms with Crippen LogP contribution in [0.15, 0.2) is 28.7 Å². The zero-order chi connectivity index (χ0) is 15.3. The fourth-order valence-corrected chi connectivity index (χ4v) is 3.18. The van der Waals surface area contributed by atoms with Gasteiger partial charge in [-0.1, -0.05) is 34.1 Å². The van der Waals surface area contributed by atoms with E-state index in [-0.39, 0.29) is 5.91 Å². The molecule has 0 radical (unpaired) electrons. The van der Waals surface area contributed by atoms with Gasteiger partial charge in [-0.05, 0) is 44.4 Å². The first kappa shape index (κ1) is 16.0. The Morgan fingerprint density at radius 2 is 2.10 bits per heavy atom. The highest BCUT2D eigenvalue weighted by molar-refractivity contribution is 9.10. The van der Waals surface area contributed by atoms with Crippen LogP contribution >= 0.6 is 15.9 Å². The van der Waals surface area contributed by atoms with Crippen LogP contribution in [0.3, 0.4) is 0 Å². The second-order valence-electron chi connectivity index (χ2n) is 5.71. The number of hydrogen-bond acceptors (Lipinski definition) is 3. The zero-order valence-electron chi connectivity index (χ0n) is 12.2. The Balaban J connectivity index is 1.88. The largest absolute Gasteiger partial charge is 0.337 e. The first-order valence-corrected chi connectivity index (χ1v) is 7.98. The van der Waals surface area contributed by atoms with E-state index in [4.69, 9.17) is 0 Å². The van der Waals surface area contributed by atoms with Crippen LogP contribution in [0.1, 0.15) is 31.2 Å². The second-order valence-corrected chi connectivity index (χ2v) is 6.57. The van der Waals surface area contributed by atoms with Gasteiger partial charge in [-0.15, -0.1) is 0 Å². The predicted octanol–water partition coefficient (Wildman–Crippen LogP) is 2.83. The third-order valence-corrected chi connectivity index (χ3v) is 4.64. The average Bonchev–Trinajstić information content (AvgIpc) is 2.90. The summed E-state index contributed by atoms with van der Waals surface area (Å²) in [7, 11) is 1.91. The van der Waals surface area contributed by atoms with Gasteiger partial charge in [0, 0.05) is 11.0 Å². The highest BCUT2D eigenvalue weighted by Crippen LogP contribution is 2.28. The van der Waals surface area contributed by atoms with E-state index < -0.39 is 5.54 Å². The van der Waals surface area contributed by atoms with E-state index in [2.05, 4.69) is 27.3 Å². The number of carbonyl (C=O) groups is 1. The Hall–Kier alpha value is -1.38. The number of nitrogens with zero attached hydrogens (tertiary/aromatic N) is 2. The molecular weight excluding hydrogens is 330 g/mol. The van der Waals surface area contributed by atoms with Crippen molar-refractivity contribution in [3.8, 4) is 6.07 Å². The third-order valence-electron chi connectivity index (χ3n) is 3.86. The van der Waals surface area contributed by atoms with Crippen LogP contribution in [0.25, 0.3) is 0 Å². The Labute approximate surface area is 134 Å². The quantitative estimate of drug-likeness (QED) is 0.889. The number of amides is 1. The molecule has 0 atom stereocenters. The van der Waals surface area contributed by atoms with Gasteiger partial charge >= 0.3 is 0 Å². The van der Waals surface area contributed by atoms with E-state index in [0.717, 1.165) is 35.7 Å². The highest BCUT2D eigenvalue weighted by atomic mass is 79.9. The van der Waals surface area contributed by atoms with Crippen LogP contribution in [0.4, 0.5) is 0 Å². The molecule has 1 fully saturated rings. The lowest BCUT2D eigenvalue weighted by Crippen LogP contribution is -2.48. The minimum Gasteiger partial charge on any atom is -0.337 e. The molecule has 1 aromatic carbocycles. The summed E-state index contributed by atoms with van der Waals surface area (Å²) in [4.78, 5) is 14.1. The molecule has 5 heteroatoms. The summed E-state index contributed by atoms with van der Waals surface area (Å²) in [6.07, 6.45) is 3.56. The Morgan fingerprint density at radius 1 is 1.43 bits per heavy atom. The lowest BCUT2D eigenvalue weighted by molar-refractivity contribution is -0.123. The van der Waals surface area contributed by atoms with Gasteiger partial charge in [0.05, 0.1) is 12.6 Å². The summed E-state index contributed by atoms with van der Waals surface area (Å²) in [5.41, 5.74) is 0.509. The van der Waals surface area contributed by atoms with Crippen molar-refractivity contribution in [2.45, 2.75) is 37.8 Å². The van der Waals surface area contributed by atoms with Gasteiger partial charge in [0.15, 0.2) is 0 Å². The molecule has 1 amide bonds. The third kappa shape index (κ3) is 4.29. The first-order chi connectivity index (χ1) is 10.0. The number of hydrogen-bond donors (Lipinski definition) is 1. The van der Waals surface area contributed by atoms with Crippen molar-refractivity contribution >= 4 is 21.8 Å². The van der Waals surface area contributed by atoms with Gasteiger partial charge in [-0.25, -0.2) is 0 Å². The van der Waals surface area contributed by atoms with Crippen molar-refractivity contribution < 1.29 is 4.79 Å². The normalized spacial score (nSPS) is 16.7. The molecule has 0 bridgehead atoms. The van der Waals surface area contributed by atoms with E-state index in [1.165, 1.54) is 0 Å². The van der Waals surface area contributed by atoms with Crippen molar-refractivity contribution in [2.24, 2.45) is 0 Å². The lowest BCUT2D eigenvalue weighted by Gasteiger charge is -2.24. The van der Waals surface area contributed by atoms with E-state index in [9.17, 15) is 10.1 Å². The number of nitriles is 1. The summed E-state index contributed by atoms with van der Waals surface area (Å²) in [6.45, 7) is 0.985. The molecule has 0 unspecified atom stereocenters. The van der Waals surface area contributed by atoms with Crippen LogP contribution in [-0.4, -0.2) is 29.9 Å². The van der Waals surface area contributed by atoms with Crippen molar-refractivity contribution in [3.05, 3.63) is 34.3 Å². The fraction of sp³-hybridized carbons (Fsp3) is 0.500. The Morgan fingerprint density at radius 3 is 2.71 bits per heavy atom. The van der Waals surface area contributed by atoms with Crippen LogP contribution < -0.4 is 5.32 Å². The van der Waals surface area contributed by atoms with Crippen LogP contribution in [0, 0.1) is 11.3 Å². The van der Waals surface area contributed by atoms with E-state index in [0.29, 0.717) is 13.1 Å². The molecule has 1 aliphatic rings. The van der Waals surface area contributed by atoms with Gasteiger partial charge in [-0.2, -0.15) is 5.26 Å². The number of halogens is 1. The predicted molar refractivity (Wildman–Crippen MR) is 85.4 cm³/mol. The highest BCUT2D eigenvalue weighted by Gasteiger charge is 2.35. The van der Waals surface area contributed by atoms with Gasteiger partial charge in [0.25, 0.3) is 0 Å². The summed E-state index contributed by atoms with van der Waals surface area (Å²) in [6, 6.07) is 10.3. The standard InChI is InChI=1S/C16H20BrN3O/c1-20(10-13-6-2-3-7-14(13)17)11-15(21)19-16(12-18)8-4-5-9-16/h2-3,6-7H,4-5,8-11H2,1H3,(H,19,21). The smallest absolute Gasteiger partial charge is 0.235 e. The Kier molecular flexibility index (Phi) is 5.38. The molecular formula is C16H20BrN3O.